The summed E-state index contributed by atoms with van der Waals surface area (Å²) in [5.74, 6) is -0.118. The van der Waals surface area contributed by atoms with Gasteiger partial charge in [-0.05, 0) is 56.4 Å². The first-order chi connectivity index (χ1) is 13.3. The summed E-state index contributed by atoms with van der Waals surface area (Å²) in [6.07, 6.45) is 0.874. The zero-order valence-electron chi connectivity index (χ0n) is 17.7. The minimum Gasteiger partial charge on any atom is -0.355 e. The third kappa shape index (κ3) is 5.69. The molecule has 150 valence electrons. The monoisotopic (exact) mass is 380 g/mol. The average Bonchev–Trinajstić information content (AvgIpc) is 2.66. The smallest absolute Gasteiger partial charge is 0.242 e. The lowest BCUT2D eigenvalue weighted by Crippen LogP contribution is -2.49. The molecule has 0 radical (unpaired) electrons. The van der Waals surface area contributed by atoms with Gasteiger partial charge in [0.1, 0.15) is 6.04 Å². The number of benzene rings is 2. The van der Waals surface area contributed by atoms with Crippen LogP contribution in [0.1, 0.15) is 48.1 Å². The standard InChI is InChI=1S/C24H32N2O2/c1-6-22(24(28)25-7-2)26(16-20-11-8-17(3)9-12-20)23(27)15-21-13-10-18(4)19(5)14-21/h8-14,22H,6-7,15-16H2,1-5H3,(H,25,28). The molecule has 2 aromatic rings. The number of aryl methyl sites for hydroxylation is 3. The van der Waals surface area contributed by atoms with Crippen LogP contribution in [0.25, 0.3) is 0 Å². The molecule has 2 aromatic carbocycles. The molecule has 0 spiro atoms. The molecule has 1 unspecified atom stereocenters. The molecule has 2 rings (SSSR count). The van der Waals surface area contributed by atoms with E-state index in [0.29, 0.717) is 25.9 Å². The molecular formula is C24H32N2O2. The van der Waals surface area contributed by atoms with Crippen LogP contribution in [-0.4, -0.2) is 29.3 Å². The first-order valence-electron chi connectivity index (χ1n) is 10.0. The Labute approximate surface area is 169 Å². The van der Waals surface area contributed by atoms with E-state index in [1.165, 1.54) is 16.7 Å². The van der Waals surface area contributed by atoms with Crippen molar-refractivity contribution in [1.82, 2.24) is 10.2 Å². The molecule has 0 fully saturated rings. The Hall–Kier alpha value is -2.62. The lowest BCUT2D eigenvalue weighted by atomic mass is 10.0. The van der Waals surface area contributed by atoms with Crippen LogP contribution < -0.4 is 5.32 Å². The van der Waals surface area contributed by atoms with E-state index in [9.17, 15) is 9.59 Å². The van der Waals surface area contributed by atoms with Crippen LogP contribution in [0.15, 0.2) is 42.5 Å². The fourth-order valence-electron chi connectivity index (χ4n) is 3.29. The molecule has 0 saturated heterocycles. The van der Waals surface area contributed by atoms with Crippen LogP contribution in [0.5, 0.6) is 0 Å². The molecular weight excluding hydrogens is 348 g/mol. The number of carbonyl (C=O) groups is 2. The Balaban J connectivity index is 2.28. The van der Waals surface area contributed by atoms with Crippen molar-refractivity contribution in [3.05, 3.63) is 70.3 Å². The van der Waals surface area contributed by atoms with Crippen molar-refractivity contribution in [3.8, 4) is 0 Å². The van der Waals surface area contributed by atoms with Gasteiger partial charge in [-0.15, -0.1) is 0 Å². The first-order valence-corrected chi connectivity index (χ1v) is 10.0. The molecule has 0 aromatic heterocycles. The van der Waals surface area contributed by atoms with E-state index in [2.05, 4.69) is 25.2 Å². The minimum atomic E-state index is -0.472. The number of rotatable bonds is 8. The normalized spacial score (nSPS) is 11.8. The molecule has 0 bridgehead atoms. The lowest BCUT2D eigenvalue weighted by molar-refractivity contribution is -0.140. The van der Waals surface area contributed by atoms with Crippen LogP contribution in [0.4, 0.5) is 0 Å². The molecule has 0 saturated carbocycles. The van der Waals surface area contributed by atoms with Gasteiger partial charge in [-0.2, -0.15) is 0 Å². The highest BCUT2D eigenvalue weighted by atomic mass is 16.2. The van der Waals surface area contributed by atoms with Crippen LogP contribution in [0.2, 0.25) is 0 Å². The topological polar surface area (TPSA) is 49.4 Å². The van der Waals surface area contributed by atoms with Crippen LogP contribution in [0.3, 0.4) is 0 Å². The summed E-state index contributed by atoms with van der Waals surface area (Å²) in [5, 5.41) is 2.87. The highest BCUT2D eigenvalue weighted by Gasteiger charge is 2.28. The molecule has 4 heteroatoms. The molecule has 0 aliphatic carbocycles. The molecule has 4 nitrogen and oxygen atoms in total. The van der Waals surface area contributed by atoms with Crippen LogP contribution in [-0.2, 0) is 22.6 Å². The summed E-state index contributed by atoms with van der Waals surface area (Å²) in [6, 6.07) is 13.8. The summed E-state index contributed by atoms with van der Waals surface area (Å²) >= 11 is 0. The summed E-state index contributed by atoms with van der Waals surface area (Å²) in [7, 11) is 0. The van der Waals surface area contributed by atoms with E-state index in [4.69, 9.17) is 0 Å². The van der Waals surface area contributed by atoms with Gasteiger partial charge in [-0.1, -0.05) is 55.0 Å². The second-order valence-electron chi connectivity index (χ2n) is 7.42. The van der Waals surface area contributed by atoms with Crippen LogP contribution in [0, 0.1) is 20.8 Å². The SMILES string of the molecule is CCNC(=O)C(CC)N(Cc1ccc(C)cc1)C(=O)Cc1ccc(C)c(C)c1. The van der Waals surface area contributed by atoms with Crippen molar-refractivity contribution >= 4 is 11.8 Å². The quantitative estimate of drug-likeness (QED) is 0.750. The third-order valence-corrected chi connectivity index (χ3v) is 5.14. The molecule has 0 heterocycles. The number of hydrogen-bond donors (Lipinski definition) is 1. The van der Waals surface area contributed by atoms with Gasteiger partial charge in [-0.3, -0.25) is 9.59 Å². The maximum absolute atomic E-state index is 13.2. The lowest BCUT2D eigenvalue weighted by Gasteiger charge is -2.30. The van der Waals surface area contributed by atoms with Crippen LogP contribution >= 0.6 is 0 Å². The Bertz CT molecular complexity index is 812. The van der Waals surface area contributed by atoms with E-state index in [-0.39, 0.29) is 11.8 Å². The predicted molar refractivity (Wildman–Crippen MR) is 114 cm³/mol. The van der Waals surface area contributed by atoms with Gasteiger partial charge in [-0.25, -0.2) is 0 Å². The van der Waals surface area contributed by atoms with E-state index < -0.39 is 6.04 Å². The van der Waals surface area contributed by atoms with Gasteiger partial charge < -0.3 is 10.2 Å². The van der Waals surface area contributed by atoms with Gasteiger partial charge in [0, 0.05) is 13.1 Å². The Morgan fingerprint density at radius 1 is 0.929 bits per heavy atom. The fraction of sp³-hybridized carbons (Fsp3) is 0.417. The van der Waals surface area contributed by atoms with E-state index in [1.807, 2.05) is 57.2 Å². The third-order valence-electron chi connectivity index (χ3n) is 5.14. The van der Waals surface area contributed by atoms with Crippen molar-refractivity contribution in [2.75, 3.05) is 6.54 Å². The Morgan fingerprint density at radius 2 is 1.57 bits per heavy atom. The zero-order valence-corrected chi connectivity index (χ0v) is 17.7. The van der Waals surface area contributed by atoms with Gasteiger partial charge in [0.05, 0.1) is 6.42 Å². The number of likely N-dealkylation sites (N-methyl/N-ethyl adjacent to an activating group) is 1. The van der Waals surface area contributed by atoms with Crippen molar-refractivity contribution in [1.29, 1.82) is 0 Å². The Kier molecular flexibility index (Phi) is 7.80. The zero-order chi connectivity index (χ0) is 20.7. The van der Waals surface area contributed by atoms with Crippen molar-refractivity contribution in [2.45, 2.75) is 60.0 Å². The molecule has 1 atom stereocenters. The highest BCUT2D eigenvalue weighted by Crippen LogP contribution is 2.17. The second kappa shape index (κ2) is 10.1. The minimum absolute atomic E-state index is 0.0260. The maximum atomic E-state index is 13.2. The predicted octanol–water partition coefficient (Wildman–Crippen LogP) is 4.10. The number of carbonyl (C=O) groups excluding carboxylic acids is 2. The van der Waals surface area contributed by atoms with E-state index in [1.54, 1.807) is 4.90 Å². The average molecular weight is 381 g/mol. The maximum Gasteiger partial charge on any atom is 0.242 e. The van der Waals surface area contributed by atoms with Gasteiger partial charge in [0.2, 0.25) is 11.8 Å². The van der Waals surface area contributed by atoms with Gasteiger partial charge >= 0.3 is 0 Å². The number of nitrogens with zero attached hydrogens (tertiary/aromatic N) is 1. The van der Waals surface area contributed by atoms with Crippen molar-refractivity contribution in [3.63, 3.8) is 0 Å². The highest BCUT2D eigenvalue weighted by molar-refractivity contribution is 5.88. The molecule has 28 heavy (non-hydrogen) atoms. The summed E-state index contributed by atoms with van der Waals surface area (Å²) in [6.45, 7) is 11.0. The second-order valence-corrected chi connectivity index (χ2v) is 7.42. The van der Waals surface area contributed by atoms with Gasteiger partial charge in [0.25, 0.3) is 0 Å². The Morgan fingerprint density at radius 3 is 2.14 bits per heavy atom. The summed E-state index contributed by atoms with van der Waals surface area (Å²) in [5.41, 5.74) is 5.56. The summed E-state index contributed by atoms with van der Waals surface area (Å²) in [4.78, 5) is 27.6. The fourth-order valence-corrected chi connectivity index (χ4v) is 3.29. The molecule has 2 amide bonds. The van der Waals surface area contributed by atoms with E-state index in [0.717, 1.165) is 11.1 Å². The largest absolute Gasteiger partial charge is 0.355 e. The summed E-state index contributed by atoms with van der Waals surface area (Å²) < 4.78 is 0. The van der Waals surface area contributed by atoms with Gasteiger partial charge in [0.15, 0.2) is 0 Å². The molecule has 1 N–H and O–H groups in total. The van der Waals surface area contributed by atoms with Crippen molar-refractivity contribution in [2.24, 2.45) is 0 Å². The first kappa shape index (κ1) is 21.7. The van der Waals surface area contributed by atoms with Crippen molar-refractivity contribution < 1.29 is 9.59 Å². The molecule has 0 aliphatic heterocycles. The molecule has 0 aliphatic rings. The number of hydrogen-bond acceptors (Lipinski definition) is 2. The van der Waals surface area contributed by atoms with E-state index >= 15 is 0 Å². The number of amides is 2. The number of nitrogens with one attached hydrogen (secondary N) is 1.